The molecular weight excluding hydrogens is 561 g/mol. The Balaban J connectivity index is 1.48. The molecule has 2 aromatic heterocycles. The molecule has 0 bridgehead atoms. The van der Waals surface area contributed by atoms with E-state index >= 15 is 0 Å². The minimum absolute atomic E-state index is 0.0170. The Bertz CT molecular complexity index is 1390. The molecule has 2 aromatic rings. The van der Waals surface area contributed by atoms with E-state index in [4.69, 9.17) is 4.74 Å². The standard InChI is InChI=1S/C27H41F3N6O4S/c1-33-17-31-32-25(33)24(19-6-4-7-19)20-8-5-9-21(13-20)35-16-23-22(27(28,29)30)12-18(15-36(23)26(35)37)14-34(10-11-40-2)41(3,38)39/h12,15-16,19-21,24-25,31-32H,4-11,13-14,17H2,1-3H3/t20?,21?,24-,25?/m1/s1. The van der Waals surface area contributed by atoms with E-state index in [9.17, 15) is 26.4 Å². The number of pyridine rings is 1. The van der Waals surface area contributed by atoms with Crippen molar-refractivity contribution < 1.29 is 26.3 Å². The first-order valence-electron chi connectivity index (χ1n) is 14.3. The zero-order chi connectivity index (χ0) is 29.5. The highest BCUT2D eigenvalue weighted by molar-refractivity contribution is 7.88. The highest BCUT2D eigenvalue weighted by atomic mass is 32.2. The number of hydrogen-bond donors (Lipinski definition) is 2. The van der Waals surface area contributed by atoms with Crippen LogP contribution in [0, 0.1) is 17.8 Å². The third-order valence-electron chi connectivity index (χ3n) is 9.26. The molecule has 1 saturated heterocycles. The molecule has 2 N–H and O–H groups in total. The van der Waals surface area contributed by atoms with Gasteiger partial charge in [0.25, 0.3) is 0 Å². The lowest BCUT2D eigenvalue weighted by atomic mass is 9.65. The van der Waals surface area contributed by atoms with Crippen LogP contribution in [0.4, 0.5) is 13.2 Å². The van der Waals surface area contributed by atoms with Gasteiger partial charge in [-0.05, 0) is 55.7 Å². The van der Waals surface area contributed by atoms with Crippen molar-refractivity contribution in [2.24, 2.45) is 17.8 Å². The first kappa shape index (κ1) is 30.5. The molecule has 2 saturated carbocycles. The number of ether oxygens (including phenoxy) is 1. The smallest absolute Gasteiger partial charge is 0.383 e. The van der Waals surface area contributed by atoms with E-state index in [-0.39, 0.29) is 43.0 Å². The van der Waals surface area contributed by atoms with Crippen molar-refractivity contribution in [2.45, 2.75) is 69.9 Å². The van der Waals surface area contributed by atoms with Crippen LogP contribution in [0.3, 0.4) is 0 Å². The van der Waals surface area contributed by atoms with E-state index in [0.29, 0.717) is 17.8 Å². The number of methoxy groups -OCH3 is 1. The molecular formula is C27H41F3N6O4S. The molecule has 0 aromatic carbocycles. The van der Waals surface area contributed by atoms with Crippen LogP contribution in [0.2, 0.25) is 0 Å². The van der Waals surface area contributed by atoms with Crippen LogP contribution in [-0.2, 0) is 27.5 Å². The maximum atomic E-state index is 14.3. The van der Waals surface area contributed by atoms with Gasteiger partial charge in [0.1, 0.15) is 0 Å². The second kappa shape index (κ2) is 12.0. The Labute approximate surface area is 238 Å². The minimum Gasteiger partial charge on any atom is -0.383 e. The van der Waals surface area contributed by atoms with Gasteiger partial charge in [-0.1, -0.05) is 25.7 Å². The number of aromatic nitrogens is 2. The molecule has 4 atom stereocenters. The topological polar surface area (TPSA) is 100 Å². The number of nitrogens with zero attached hydrogens (tertiary/aromatic N) is 4. The minimum atomic E-state index is -4.72. The largest absolute Gasteiger partial charge is 0.418 e. The lowest BCUT2D eigenvalue weighted by Crippen LogP contribution is -2.50. The maximum Gasteiger partial charge on any atom is 0.418 e. The summed E-state index contributed by atoms with van der Waals surface area (Å²) >= 11 is 0. The lowest BCUT2D eigenvalue weighted by molar-refractivity contribution is -0.136. The quantitative estimate of drug-likeness (QED) is 0.432. The van der Waals surface area contributed by atoms with Gasteiger partial charge < -0.3 is 4.74 Å². The SMILES string of the molecule is COCCN(Cc1cc(C(F)(F)F)c2cn(C3CCCC([C@@H](C4CCC4)C4NNCN4C)C3)c(=O)n2c1)S(C)(=O)=O. The average molecular weight is 603 g/mol. The molecule has 10 nitrogen and oxygen atoms in total. The zero-order valence-electron chi connectivity index (χ0n) is 23.9. The molecule has 0 amide bonds. The molecule has 2 aliphatic carbocycles. The van der Waals surface area contributed by atoms with Gasteiger partial charge in [0.2, 0.25) is 10.0 Å². The van der Waals surface area contributed by atoms with Crippen LogP contribution in [-0.4, -0.2) is 73.0 Å². The summed E-state index contributed by atoms with van der Waals surface area (Å²) in [5, 5.41) is 0. The molecule has 41 heavy (non-hydrogen) atoms. The second-order valence-electron chi connectivity index (χ2n) is 12.0. The number of hydrogen-bond acceptors (Lipinski definition) is 7. The predicted molar refractivity (Wildman–Crippen MR) is 148 cm³/mol. The van der Waals surface area contributed by atoms with Gasteiger partial charge in [-0.3, -0.25) is 13.9 Å². The number of fused-ring (bicyclic) bond motifs is 1. The molecule has 3 heterocycles. The number of halogens is 3. The van der Waals surface area contributed by atoms with Crippen molar-refractivity contribution in [2.75, 3.05) is 40.2 Å². The van der Waals surface area contributed by atoms with Crippen LogP contribution < -0.4 is 16.5 Å². The van der Waals surface area contributed by atoms with Gasteiger partial charge in [-0.2, -0.15) is 17.5 Å². The van der Waals surface area contributed by atoms with Crippen LogP contribution in [0.1, 0.15) is 62.1 Å². The Morgan fingerprint density at radius 2 is 1.85 bits per heavy atom. The van der Waals surface area contributed by atoms with E-state index in [1.807, 2.05) is 0 Å². The highest BCUT2D eigenvalue weighted by Crippen LogP contribution is 2.47. The summed E-state index contributed by atoms with van der Waals surface area (Å²) in [5.41, 5.74) is 5.06. The number of imidazole rings is 1. The molecule has 0 radical (unpaired) electrons. The van der Waals surface area contributed by atoms with Crippen molar-refractivity contribution in [1.29, 1.82) is 0 Å². The highest BCUT2D eigenvalue weighted by Gasteiger charge is 2.44. The van der Waals surface area contributed by atoms with Crippen molar-refractivity contribution in [3.05, 3.63) is 40.1 Å². The van der Waals surface area contributed by atoms with Crippen LogP contribution in [0.5, 0.6) is 0 Å². The molecule has 14 heteroatoms. The van der Waals surface area contributed by atoms with Gasteiger partial charge in [-0.25, -0.2) is 24.1 Å². The molecule has 5 rings (SSSR count). The summed E-state index contributed by atoms with van der Waals surface area (Å²) < 4.78 is 76.0. The normalized spacial score (nSPS) is 25.7. The fourth-order valence-corrected chi connectivity index (χ4v) is 7.79. The van der Waals surface area contributed by atoms with Crippen molar-refractivity contribution in [1.82, 2.24) is 29.0 Å². The van der Waals surface area contributed by atoms with Gasteiger partial charge in [0.15, 0.2) is 0 Å². The third kappa shape index (κ3) is 6.37. The first-order chi connectivity index (χ1) is 19.4. The van der Waals surface area contributed by atoms with Gasteiger partial charge in [0, 0.05) is 38.6 Å². The third-order valence-corrected chi connectivity index (χ3v) is 10.5. The van der Waals surface area contributed by atoms with E-state index in [1.165, 1.54) is 43.3 Å². The van der Waals surface area contributed by atoms with Gasteiger partial charge in [0.05, 0.1) is 36.8 Å². The van der Waals surface area contributed by atoms with Gasteiger partial charge in [-0.15, -0.1) is 0 Å². The molecule has 230 valence electrons. The molecule has 0 spiro atoms. The number of nitrogens with one attached hydrogen (secondary N) is 2. The molecule has 3 fully saturated rings. The van der Waals surface area contributed by atoms with Crippen LogP contribution in [0.25, 0.3) is 5.52 Å². The Morgan fingerprint density at radius 3 is 2.44 bits per heavy atom. The van der Waals surface area contributed by atoms with E-state index < -0.39 is 27.5 Å². The fourth-order valence-electron chi connectivity index (χ4n) is 7.00. The summed E-state index contributed by atoms with van der Waals surface area (Å²) in [6.45, 7) is 0.518. The number of rotatable bonds is 10. The lowest BCUT2D eigenvalue weighted by Gasteiger charge is -2.46. The second-order valence-corrected chi connectivity index (χ2v) is 13.9. The van der Waals surface area contributed by atoms with Crippen molar-refractivity contribution in [3.8, 4) is 0 Å². The fraction of sp³-hybridized carbons (Fsp3) is 0.741. The zero-order valence-corrected chi connectivity index (χ0v) is 24.7. The Kier molecular flexibility index (Phi) is 8.89. The number of sulfonamides is 1. The van der Waals surface area contributed by atoms with Crippen molar-refractivity contribution >= 4 is 15.5 Å². The van der Waals surface area contributed by atoms with Crippen LogP contribution >= 0.6 is 0 Å². The summed E-state index contributed by atoms with van der Waals surface area (Å²) in [4.78, 5) is 15.9. The maximum absolute atomic E-state index is 14.3. The Hall–Kier alpha value is -1.97. The van der Waals surface area contributed by atoms with Gasteiger partial charge >= 0.3 is 11.9 Å². The molecule has 3 aliphatic rings. The summed E-state index contributed by atoms with van der Waals surface area (Å²) in [6.07, 6.45) is 6.13. The predicted octanol–water partition coefficient (Wildman–Crippen LogP) is 3.00. The monoisotopic (exact) mass is 602 g/mol. The van der Waals surface area contributed by atoms with E-state index in [1.54, 1.807) is 0 Å². The first-order valence-corrected chi connectivity index (χ1v) is 16.2. The summed E-state index contributed by atoms with van der Waals surface area (Å²) in [7, 11) is -0.217. The Morgan fingerprint density at radius 1 is 1.15 bits per heavy atom. The summed E-state index contributed by atoms with van der Waals surface area (Å²) in [6, 6.07) is 0.747. The molecule has 1 aliphatic heterocycles. The summed E-state index contributed by atoms with van der Waals surface area (Å²) in [5.74, 6) is 1.33. The number of alkyl halides is 3. The average Bonchev–Trinajstić information content (AvgIpc) is 3.45. The molecule has 3 unspecified atom stereocenters. The van der Waals surface area contributed by atoms with E-state index in [2.05, 4.69) is 22.8 Å². The van der Waals surface area contributed by atoms with Crippen LogP contribution in [0.15, 0.2) is 23.3 Å². The van der Waals surface area contributed by atoms with Crippen molar-refractivity contribution in [3.63, 3.8) is 0 Å². The van der Waals surface area contributed by atoms with E-state index in [0.717, 1.165) is 53.4 Å². The number of hydrazine groups is 1.